The molecule has 4 rings (SSSR count). The van der Waals surface area contributed by atoms with Gasteiger partial charge in [0.2, 0.25) is 0 Å². The number of nitrogens with zero attached hydrogens (tertiary/aromatic N) is 3. The summed E-state index contributed by atoms with van der Waals surface area (Å²) in [4.78, 5) is 9.66. The number of hydrogen-bond donors (Lipinski definition) is 0. The zero-order valence-electron chi connectivity index (χ0n) is 12.8. The van der Waals surface area contributed by atoms with Crippen molar-refractivity contribution in [3.63, 3.8) is 0 Å². The van der Waals surface area contributed by atoms with E-state index in [1.165, 1.54) is 5.56 Å². The lowest BCUT2D eigenvalue weighted by atomic mass is 9.99. The van der Waals surface area contributed by atoms with Crippen LogP contribution in [0, 0.1) is 0 Å². The molecule has 2 saturated heterocycles. The fraction of sp³-hybridized carbons (Fsp3) is 0.688. The maximum atomic E-state index is 6.01. The molecule has 5 heteroatoms. The summed E-state index contributed by atoms with van der Waals surface area (Å²) in [6.45, 7) is 10.1. The molecule has 0 N–H and O–H groups in total. The molecule has 0 aromatic carbocycles. The van der Waals surface area contributed by atoms with Crippen LogP contribution in [0.15, 0.2) is 12.3 Å². The van der Waals surface area contributed by atoms with Gasteiger partial charge < -0.3 is 14.4 Å². The first kappa shape index (κ1) is 13.3. The van der Waals surface area contributed by atoms with Crippen LogP contribution in [0.25, 0.3) is 0 Å². The van der Waals surface area contributed by atoms with Gasteiger partial charge in [-0.05, 0) is 25.5 Å². The molecule has 114 valence electrons. The topological polar surface area (TPSA) is 37.8 Å². The molecule has 4 heterocycles. The third-order valence-electron chi connectivity index (χ3n) is 4.91. The molecule has 1 aromatic heterocycles. The standard InChI is InChI=1S/C16H23N3O2/c1-11(2)18-3-4-19-14(7-18)10-21-15-5-12(6-17-16(15)19)13-8-20-9-13/h5-6,11,13-14H,3-4,7-10H2,1-2H3/t14-/m0/s1. The van der Waals surface area contributed by atoms with Crippen LogP contribution in [0.5, 0.6) is 5.75 Å². The number of ether oxygens (including phenoxy) is 2. The van der Waals surface area contributed by atoms with Gasteiger partial charge in [0.15, 0.2) is 11.6 Å². The second-order valence-electron chi connectivity index (χ2n) is 6.57. The predicted octanol–water partition coefficient (Wildman–Crippen LogP) is 1.49. The van der Waals surface area contributed by atoms with E-state index in [4.69, 9.17) is 14.5 Å². The van der Waals surface area contributed by atoms with Crippen LogP contribution >= 0.6 is 0 Å². The third kappa shape index (κ3) is 2.28. The van der Waals surface area contributed by atoms with E-state index < -0.39 is 0 Å². The van der Waals surface area contributed by atoms with E-state index in [1.807, 2.05) is 6.20 Å². The second kappa shape index (κ2) is 5.14. The molecule has 3 aliphatic heterocycles. The van der Waals surface area contributed by atoms with E-state index in [2.05, 4.69) is 29.7 Å². The van der Waals surface area contributed by atoms with Crippen LogP contribution in [-0.2, 0) is 4.74 Å². The van der Waals surface area contributed by atoms with Crippen molar-refractivity contribution >= 4 is 5.82 Å². The Morgan fingerprint density at radius 3 is 2.81 bits per heavy atom. The van der Waals surface area contributed by atoms with Crippen LogP contribution < -0.4 is 9.64 Å². The van der Waals surface area contributed by atoms with E-state index in [-0.39, 0.29) is 0 Å². The lowest BCUT2D eigenvalue weighted by Crippen LogP contribution is -2.58. The monoisotopic (exact) mass is 289 g/mol. The lowest BCUT2D eigenvalue weighted by Gasteiger charge is -2.46. The normalized spacial score (nSPS) is 26.0. The smallest absolute Gasteiger partial charge is 0.171 e. The number of anilines is 1. The molecule has 0 aliphatic carbocycles. The Morgan fingerprint density at radius 1 is 1.24 bits per heavy atom. The first-order valence-corrected chi connectivity index (χ1v) is 7.93. The summed E-state index contributed by atoms with van der Waals surface area (Å²) in [5, 5.41) is 0. The van der Waals surface area contributed by atoms with Gasteiger partial charge in [0.25, 0.3) is 0 Å². The van der Waals surface area contributed by atoms with Gasteiger partial charge in [-0.3, -0.25) is 4.90 Å². The minimum Gasteiger partial charge on any atom is -0.487 e. The second-order valence-corrected chi connectivity index (χ2v) is 6.57. The first-order chi connectivity index (χ1) is 10.2. The van der Waals surface area contributed by atoms with Crippen molar-refractivity contribution in [3.8, 4) is 5.75 Å². The Morgan fingerprint density at radius 2 is 2.10 bits per heavy atom. The summed E-state index contributed by atoms with van der Waals surface area (Å²) < 4.78 is 11.3. The maximum absolute atomic E-state index is 6.01. The molecule has 3 aliphatic rings. The Balaban J connectivity index is 1.56. The molecule has 1 aromatic rings. The molecule has 21 heavy (non-hydrogen) atoms. The summed E-state index contributed by atoms with van der Waals surface area (Å²) in [6.07, 6.45) is 2.01. The van der Waals surface area contributed by atoms with Crippen molar-refractivity contribution in [1.82, 2.24) is 9.88 Å². The number of aromatic nitrogens is 1. The fourth-order valence-electron chi connectivity index (χ4n) is 3.38. The van der Waals surface area contributed by atoms with Gasteiger partial charge in [0, 0.05) is 37.8 Å². The van der Waals surface area contributed by atoms with Crippen LogP contribution in [0.3, 0.4) is 0 Å². The average molecular weight is 289 g/mol. The highest BCUT2D eigenvalue weighted by atomic mass is 16.5. The summed E-state index contributed by atoms with van der Waals surface area (Å²) in [7, 11) is 0. The lowest BCUT2D eigenvalue weighted by molar-refractivity contribution is 0.00816. The van der Waals surface area contributed by atoms with Crippen molar-refractivity contribution in [2.75, 3.05) is 44.4 Å². The van der Waals surface area contributed by atoms with Crippen LogP contribution in [-0.4, -0.2) is 61.4 Å². The number of fused-ring (bicyclic) bond motifs is 3. The highest BCUT2D eigenvalue weighted by Gasteiger charge is 2.35. The zero-order chi connectivity index (χ0) is 14.4. The molecular weight excluding hydrogens is 266 g/mol. The van der Waals surface area contributed by atoms with Crippen molar-refractivity contribution < 1.29 is 9.47 Å². The highest BCUT2D eigenvalue weighted by molar-refractivity contribution is 5.57. The Bertz CT molecular complexity index is 530. The number of hydrogen-bond acceptors (Lipinski definition) is 5. The van der Waals surface area contributed by atoms with E-state index in [1.54, 1.807) is 0 Å². The van der Waals surface area contributed by atoms with Crippen LogP contribution in [0.4, 0.5) is 5.82 Å². The van der Waals surface area contributed by atoms with E-state index in [0.717, 1.165) is 51.0 Å². The van der Waals surface area contributed by atoms with Gasteiger partial charge in [-0.15, -0.1) is 0 Å². The molecular formula is C16H23N3O2. The van der Waals surface area contributed by atoms with Crippen molar-refractivity contribution in [1.29, 1.82) is 0 Å². The largest absolute Gasteiger partial charge is 0.487 e. The number of pyridine rings is 1. The molecule has 5 nitrogen and oxygen atoms in total. The highest BCUT2D eigenvalue weighted by Crippen LogP contribution is 2.36. The molecule has 0 amide bonds. The maximum Gasteiger partial charge on any atom is 0.171 e. The Kier molecular flexibility index (Phi) is 3.27. The summed E-state index contributed by atoms with van der Waals surface area (Å²) in [6, 6.07) is 3.20. The average Bonchev–Trinajstić information content (AvgIpc) is 2.44. The minimum absolute atomic E-state index is 0.430. The van der Waals surface area contributed by atoms with E-state index in [9.17, 15) is 0 Å². The van der Waals surface area contributed by atoms with Gasteiger partial charge in [-0.2, -0.15) is 0 Å². The van der Waals surface area contributed by atoms with Gasteiger partial charge >= 0.3 is 0 Å². The fourth-order valence-corrected chi connectivity index (χ4v) is 3.38. The zero-order valence-corrected chi connectivity index (χ0v) is 12.8. The van der Waals surface area contributed by atoms with Gasteiger partial charge in [-0.1, -0.05) is 0 Å². The Hall–Kier alpha value is -1.33. The van der Waals surface area contributed by atoms with Crippen molar-refractivity contribution in [2.45, 2.75) is 31.8 Å². The Labute approximate surface area is 125 Å². The van der Waals surface area contributed by atoms with Crippen molar-refractivity contribution in [3.05, 3.63) is 17.8 Å². The van der Waals surface area contributed by atoms with Gasteiger partial charge in [0.05, 0.1) is 19.3 Å². The minimum atomic E-state index is 0.430. The van der Waals surface area contributed by atoms with Crippen molar-refractivity contribution in [2.24, 2.45) is 0 Å². The van der Waals surface area contributed by atoms with E-state index >= 15 is 0 Å². The predicted molar refractivity (Wildman–Crippen MR) is 81.1 cm³/mol. The molecule has 0 unspecified atom stereocenters. The summed E-state index contributed by atoms with van der Waals surface area (Å²) >= 11 is 0. The molecule has 0 spiro atoms. The molecule has 0 saturated carbocycles. The molecule has 0 radical (unpaired) electrons. The summed E-state index contributed by atoms with van der Waals surface area (Å²) in [5.74, 6) is 2.48. The summed E-state index contributed by atoms with van der Waals surface area (Å²) in [5.41, 5.74) is 1.25. The third-order valence-corrected chi connectivity index (χ3v) is 4.91. The molecule has 1 atom stereocenters. The SMILES string of the molecule is CC(C)N1CCN2c3ncc(C4COC4)cc3OC[C@@H]2C1. The van der Waals surface area contributed by atoms with Crippen LogP contribution in [0.2, 0.25) is 0 Å². The quantitative estimate of drug-likeness (QED) is 0.824. The molecule has 2 fully saturated rings. The first-order valence-electron chi connectivity index (χ1n) is 7.93. The van der Waals surface area contributed by atoms with Gasteiger partial charge in [0.1, 0.15) is 6.61 Å². The number of piperazine rings is 1. The van der Waals surface area contributed by atoms with E-state index in [0.29, 0.717) is 18.0 Å². The molecule has 0 bridgehead atoms. The number of rotatable bonds is 2. The van der Waals surface area contributed by atoms with Gasteiger partial charge in [-0.25, -0.2) is 4.98 Å². The van der Waals surface area contributed by atoms with Crippen LogP contribution in [0.1, 0.15) is 25.3 Å².